The molecule has 3 rings (SSSR count). The topological polar surface area (TPSA) is 100 Å². The highest BCUT2D eigenvalue weighted by Gasteiger charge is 2.29. The molecule has 3 heterocycles. The van der Waals surface area contributed by atoms with Gasteiger partial charge in [0.15, 0.2) is 0 Å². The molecule has 0 saturated carbocycles. The molecule has 1 aromatic heterocycles. The second-order valence-electron chi connectivity index (χ2n) is 5.64. The first-order valence-electron chi connectivity index (χ1n) is 7.21. The number of ether oxygens (including phenoxy) is 3. The number of rotatable bonds is 7. The summed E-state index contributed by atoms with van der Waals surface area (Å²) >= 11 is 0. The van der Waals surface area contributed by atoms with E-state index in [0.29, 0.717) is 13.2 Å². The van der Waals surface area contributed by atoms with Crippen LogP contribution >= 0.6 is 0 Å². The van der Waals surface area contributed by atoms with Crippen molar-refractivity contribution in [3.63, 3.8) is 0 Å². The van der Waals surface area contributed by atoms with Crippen LogP contribution in [-0.4, -0.2) is 52.3 Å². The zero-order valence-electron chi connectivity index (χ0n) is 12.6. The van der Waals surface area contributed by atoms with Crippen molar-refractivity contribution in [1.29, 1.82) is 0 Å². The molecular formula is C13H19N3O6. The Kier molecular flexibility index (Phi) is 4.02. The number of epoxide rings is 2. The molecule has 0 aromatic carbocycles. The Balaban J connectivity index is 2.07. The fraction of sp³-hybridized carbons (Fsp3) is 0.769. The van der Waals surface area contributed by atoms with E-state index in [9.17, 15) is 14.4 Å². The number of aromatic nitrogens is 3. The molecule has 0 amide bonds. The van der Waals surface area contributed by atoms with Gasteiger partial charge in [0.2, 0.25) is 0 Å². The third kappa shape index (κ3) is 3.06. The lowest BCUT2D eigenvalue weighted by molar-refractivity contribution is 0.0989. The van der Waals surface area contributed by atoms with E-state index in [4.69, 9.17) is 14.2 Å². The Bertz CT molecular complexity index is 673. The number of hydrogen-bond acceptors (Lipinski definition) is 6. The molecule has 0 radical (unpaired) electrons. The molecule has 0 aliphatic carbocycles. The van der Waals surface area contributed by atoms with Crippen molar-refractivity contribution in [2.24, 2.45) is 0 Å². The summed E-state index contributed by atoms with van der Waals surface area (Å²) in [5.41, 5.74) is -1.85. The molecule has 3 unspecified atom stereocenters. The predicted octanol–water partition coefficient (Wildman–Crippen LogP) is -2.00. The third-order valence-corrected chi connectivity index (χ3v) is 3.80. The van der Waals surface area contributed by atoms with Crippen molar-refractivity contribution in [2.75, 3.05) is 20.3 Å². The Morgan fingerprint density at radius 1 is 1.00 bits per heavy atom. The summed E-state index contributed by atoms with van der Waals surface area (Å²) in [7, 11) is 1.50. The zero-order valence-corrected chi connectivity index (χ0v) is 12.6. The van der Waals surface area contributed by atoms with Crippen LogP contribution in [0.5, 0.6) is 0 Å². The molecule has 0 bridgehead atoms. The summed E-state index contributed by atoms with van der Waals surface area (Å²) in [5.74, 6) is 0. The van der Waals surface area contributed by atoms with E-state index in [0.717, 1.165) is 13.7 Å². The largest absolute Gasteiger partial charge is 0.380 e. The summed E-state index contributed by atoms with van der Waals surface area (Å²) in [6.45, 7) is 3.19. The zero-order chi connectivity index (χ0) is 15.9. The lowest BCUT2D eigenvalue weighted by Crippen LogP contribution is -2.56. The molecule has 3 atom stereocenters. The van der Waals surface area contributed by atoms with Gasteiger partial charge in [-0.2, -0.15) is 0 Å². The van der Waals surface area contributed by atoms with E-state index < -0.39 is 17.1 Å². The maximum atomic E-state index is 12.4. The van der Waals surface area contributed by atoms with E-state index in [-0.39, 0.29) is 37.9 Å². The summed E-state index contributed by atoms with van der Waals surface area (Å²) in [5, 5.41) is 0. The first kappa shape index (κ1) is 15.2. The Morgan fingerprint density at radius 2 is 1.41 bits per heavy atom. The fourth-order valence-electron chi connectivity index (χ4n) is 2.24. The molecule has 2 fully saturated rings. The summed E-state index contributed by atoms with van der Waals surface area (Å²) in [4.78, 5) is 37.3. The van der Waals surface area contributed by atoms with Gasteiger partial charge in [0.05, 0.1) is 51.2 Å². The van der Waals surface area contributed by atoms with Gasteiger partial charge < -0.3 is 14.2 Å². The molecule has 2 aliphatic rings. The van der Waals surface area contributed by atoms with E-state index >= 15 is 0 Å². The van der Waals surface area contributed by atoms with Gasteiger partial charge in [-0.25, -0.2) is 28.1 Å². The minimum Gasteiger partial charge on any atom is -0.380 e. The van der Waals surface area contributed by atoms with Crippen molar-refractivity contribution in [3.05, 3.63) is 31.5 Å². The number of methoxy groups -OCH3 is 1. The maximum absolute atomic E-state index is 12.4. The van der Waals surface area contributed by atoms with Gasteiger partial charge in [-0.1, -0.05) is 0 Å². The molecule has 2 saturated heterocycles. The van der Waals surface area contributed by atoms with Crippen LogP contribution in [0.1, 0.15) is 6.92 Å². The lowest BCUT2D eigenvalue weighted by atomic mass is 10.4. The minimum atomic E-state index is -0.623. The van der Waals surface area contributed by atoms with Gasteiger partial charge in [-0.3, -0.25) is 0 Å². The molecule has 9 nitrogen and oxygen atoms in total. The average molecular weight is 313 g/mol. The third-order valence-electron chi connectivity index (χ3n) is 3.80. The first-order valence-corrected chi connectivity index (χ1v) is 7.21. The average Bonchev–Trinajstić information content (AvgIpc) is 3.39. The van der Waals surface area contributed by atoms with Crippen LogP contribution in [0.3, 0.4) is 0 Å². The molecule has 122 valence electrons. The lowest BCUT2D eigenvalue weighted by Gasteiger charge is -2.15. The van der Waals surface area contributed by atoms with E-state index in [1.165, 1.54) is 7.11 Å². The smallest absolute Gasteiger partial charge is 0.336 e. The SMILES string of the molecule is COC(C)Cn1c(=O)n(CC2CO2)c(=O)n(CC2CO2)c1=O. The van der Waals surface area contributed by atoms with Gasteiger partial charge in [-0.15, -0.1) is 0 Å². The van der Waals surface area contributed by atoms with Crippen LogP contribution < -0.4 is 17.1 Å². The maximum Gasteiger partial charge on any atom is 0.336 e. The normalized spacial score (nSPS) is 24.3. The monoisotopic (exact) mass is 313 g/mol. The van der Waals surface area contributed by atoms with Crippen molar-refractivity contribution in [3.8, 4) is 0 Å². The molecule has 9 heteroatoms. The fourth-order valence-corrected chi connectivity index (χ4v) is 2.24. The van der Waals surface area contributed by atoms with Crippen LogP contribution in [0.2, 0.25) is 0 Å². The number of nitrogens with zero attached hydrogens (tertiary/aromatic N) is 3. The molecule has 0 spiro atoms. The first-order chi connectivity index (χ1) is 10.5. The van der Waals surface area contributed by atoms with E-state index in [1.807, 2.05) is 0 Å². The summed E-state index contributed by atoms with van der Waals surface area (Å²) < 4.78 is 18.4. The van der Waals surface area contributed by atoms with E-state index in [1.54, 1.807) is 6.92 Å². The second-order valence-corrected chi connectivity index (χ2v) is 5.64. The Hall–Kier alpha value is -1.71. The predicted molar refractivity (Wildman–Crippen MR) is 75.2 cm³/mol. The molecule has 22 heavy (non-hydrogen) atoms. The van der Waals surface area contributed by atoms with Crippen LogP contribution in [-0.2, 0) is 33.8 Å². The van der Waals surface area contributed by atoms with Crippen LogP contribution in [0.25, 0.3) is 0 Å². The summed E-state index contributed by atoms with van der Waals surface area (Å²) in [6.07, 6.45) is -0.595. The Morgan fingerprint density at radius 3 is 1.77 bits per heavy atom. The van der Waals surface area contributed by atoms with Crippen molar-refractivity contribution >= 4 is 0 Å². The Labute approximate surface area is 125 Å². The molecular weight excluding hydrogens is 294 g/mol. The van der Waals surface area contributed by atoms with Crippen molar-refractivity contribution in [1.82, 2.24) is 13.7 Å². The van der Waals surface area contributed by atoms with Gasteiger partial charge in [0, 0.05) is 7.11 Å². The van der Waals surface area contributed by atoms with Crippen LogP contribution in [0.4, 0.5) is 0 Å². The molecule has 2 aliphatic heterocycles. The van der Waals surface area contributed by atoms with Crippen LogP contribution in [0, 0.1) is 0 Å². The highest BCUT2D eigenvalue weighted by Crippen LogP contribution is 2.10. The standard InChI is InChI=1S/C13H19N3O6/c1-8(20-2)3-14-11(17)15(4-9-6-21-9)13(19)16(12(14)18)5-10-7-22-10/h8-10H,3-7H2,1-2H3. The van der Waals surface area contributed by atoms with Crippen molar-refractivity contribution in [2.45, 2.75) is 44.9 Å². The number of hydrogen-bond donors (Lipinski definition) is 0. The van der Waals surface area contributed by atoms with Crippen molar-refractivity contribution < 1.29 is 14.2 Å². The summed E-state index contributed by atoms with van der Waals surface area (Å²) in [6, 6.07) is 0. The van der Waals surface area contributed by atoms with E-state index in [2.05, 4.69) is 0 Å². The van der Waals surface area contributed by atoms with Gasteiger partial charge in [0.25, 0.3) is 0 Å². The highest BCUT2D eigenvalue weighted by atomic mass is 16.6. The van der Waals surface area contributed by atoms with Gasteiger partial charge >= 0.3 is 17.1 Å². The molecule has 0 N–H and O–H groups in total. The quantitative estimate of drug-likeness (QED) is 0.540. The van der Waals surface area contributed by atoms with Crippen LogP contribution in [0.15, 0.2) is 14.4 Å². The van der Waals surface area contributed by atoms with Gasteiger partial charge in [-0.05, 0) is 6.92 Å². The second kappa shape index (κ2) is 5.82. The highest BCUT2D eigenvalue weighted by molar-refractivity contribution is 4.85. The van der Waals surface area contributed by atoms with Gasteiger partial charge in [0.1, 0.15) is 0 Å². The molecule has 1 aromatic rings. The minimum absolute atomic E-state index is 0.0888.